The highest BCUT2D eigenvalue weighted by atomic mass is 32.2. The van der Waals surface area contributed by atoms with Gasteiger partial charge in [-0.15, -0.1) is 11.8 Å². The maximum absolute atomic E-state index is 12.9. The van der Waals surface area contributed by atoms with Crippen LogP contribution in [0.2, 0.25) is 0 Å². The predicted octanol–water partition coefficient (Wildman–Crippen LogP) is 3.95. The van der Waals surface area contributed by atoms with Gasteiger partial charge in [-0.25, -0.2) is 9.37 Å². The third-order valence-corrected chi connectivity index (χ3v) is 5.07. The van der Waals surface area contributed by atoms with Crippen molar-refractivity contribution in [3.63, 3.8) is 0 Å². The number of hydrogen-bond donors (Lipinski definition) is 1. The van der Waals surface area contributed by atoms with Gasteiger partial charge in [0.2, 0.25) is 11.8 Å². The predicted molar refractivity (Wildman–Crippen MR) is 96.1 cm³/mol. The number of nitrogens with one attached hydrogen (secondary N) is 1. The summed E-state index contributed by atoms with van der Waals surface area (Å²) in [5.74, 6) is 0.577. The standard InChI is InChI=1S/C19H21FN2O2S/c20-15-5-7-17(8-6-15)25-13-18(23)22-12-14-9-10-21-19(11-14)24-16-3-1-2-4-16/h5-11,16H,1-4,12-13H2,(H,22,23). The molecular weight excluding hydrogens is 339 g/mol. The smallest absolute Gasteiger partial charge is 0.230 e. The van der Waals surface area contributed by atoms with Crippen molar-refractivity contribution >= 4 is 17.7 Å². The van der Waals surface area contributed by atoms with E-state index in [0.29, 0.717) is 18.2 Å². The quantitative estimate of drug-likeness (QED) is 0.760. The molecule has 0 unspecified atom stereocenters. The summed E-state index contributed by atoms with van der Waals surface area (Å²) < 4.78 is 18.7. The number of ether oxygens (including phenoxy) is 1. The van der Waals surface area contributed by atoms with Crippen LogP contribution >= 0.6 is 11.8 Å². The number of nitrogens with zero attached hydrogens (tertiary/aromatic N) is 1. The van der Waals surface area contributed by atoms with Gasteiger partial charge >= 0.3 is 0 Å². The zero-order valence-corrected chi connectivity index (χ0v) is 14.7. The van der Waals surface area contributed by atoms with E-state index in [1.807, 2.05) is 12.1 Å². The lowest BCUT2D eigenvalue weighted by Crippen LogP contribution is -2.24. The Balaban J connectivity index is 1.44. The van der Waals surface area contributed by atoms with E-state index in [9.17, 15) is 9.18 Å². The first-order valence-electron chi connectivity index (χ1n) is 8.46. The third-order valence-electron chi connectivity index (χ3n) is 4.06. The van der Waals surface area contributed by atoms with Crippen LogP contribution in [0, 0.1) is 5.82 Å². The number of hydrogen-bond acceptors (Lipinski definition) is 4. The maximum atomic E-state index is 12.9. The fraction of sp³-hybridized carbons (Fsp3) is 0.368. The van der Waals surface area contributed by atoms with Crippen LogP contribution in [0.5, 0.6) is 5.88 Å². The van der Waals surface area contributed by atoms with Crippen LogP contribution in [0.4, 0.5) is 4.39 Å². The van der Waals surface area contributed by atoms with Gasteiger partial charge in [-0.2, -0.15) is 0 Å². The number of thioether (sulfide) groups is 1. The van der Waals surface area contributed by atoms with Crippen molar-refractivity contribution < 1.29 is 13.9 Å². The Morgan fingerprint density at radius 1 is 1.24 bits per heavy atom. The summed E-state index contributed by atoms with van der Waals surface area (Å²) in [6.07, 6.45) is 6.58. The Morgan fingerprint density at radius 2 is 2.00 bits per heavy atom. The minimum absolute atomic E-state index is 0.0654. The molecule has 0 aliphatic heterocycles. The Labute approximate surface area is 151 Å². The van der Waals surface area contributed by atoms with Gasteiger partial charge in [-0.1, -0.05) is 0 Å². The Bertz CT molecular complexity index is 703. The molecule has 1 N–H and O–H groups in total. The summed E-state index contributed by atoms with van der Waals surface area (Å²) in [5.41, 5.74) is 0.961. The van der Waals surface area contributed by atoms with Gasteiger partial charge in [-0.3, -0.25) is 4.79 Å². The van der Waals surface area contributed by atoms with Crippen molar-refractivity contribution in [1.29, 1.82) is 0 Å². The molecule has 1 aliphatic carbocycles. The molecule has 0 spiro atoms. The van der Waals surface area contributed by atoms with Gasteiger partial charge in [0.15, 0.2) is 0 Å². The number of rotatable bonds is 7. The van der Waals surface area contributed by atoms with E-state index in [1.54, 1.807) is 18.3 Å². The number of carbonyl (C=O) groups excluding carboxylic acids is 1. The van der Waals surface area contributed by atoms with Gasteiger partial charge in [0, 0.05) is 23.7 Å². The van der Waals surface area contributed by atoms with Gasteiger partial charge in [-0.05, 0) is 61.6 Å². The van der Waals surface area contributed by atoms with Crippen LogP contribution in [-0.4, -0.2) is 22.7 Å². The highest BCUT2D eigenvalue weighted by Crippen LogP contribution is 2.23. The van der Waals surface area contributed by atoms with Crippen LogP contribution in [0.3, 0.4) is 0 Å². The second-order valence-corrected chi connectivity index (χ2v) is 7.09. The van der Waals surface area contributed by atoms with Crippen LogP contribution in [0.1, 0.15) is 31.2 Å². The number of aromatic nitrogens is 1. The van der Waals surface area contributed by atoms with E-state index in [1.165, 1.54) is 36.7 Å². The van der Waals surface area contributed by atoms with E-state index >= 15 is 0 Å². The van der Waals surface area contributed by atoms with Crippen molar-refractivity contribution in [3.8, 4) is 5.88 Å². The van der Waals surface area contributed by atoms with Gasteiger partial charge in [0.25, 0.3) is 0 Å². The second-order valence-electron chi connectivity index (χ2n) is 6.05. The molecule has 132 valence electrons. The summed E-state index contributed by atoms with van der Waals surface area (Å²) in [5, 5.41) is 2.88. The molecule has 3 rings (SSSR count). The third kappa shape index (κ3) is 5.74. The number of carbonyl (C=O) groups is 1. The molecule has 25 heavy (non-hydrogen) atoms. The minimum atomic E-state index is -0.276. The van der Waals surface area contributed by atoms with E-state index in [0.717, 1.165) is 23.3 Å². The molecule has 1 aromatic carbocycles. The SMILES string of the molecule is O=C(CSc1ccc(F)cc1)NCc1ccnc(OC2CCCC2)c1. The van der Waals surface area contributed by atoms with Crippen molar-refractivity contribution in [2.24, 2.45) is 0 Å². The Kier molecular flexibility index (Phi) is 6.28. The summed E-state index contributed by atoms with van der Waals surface area (Å²) >= 11 is 1.38. The molecule has 1 fully saturated rings. The molecule has 6 heteroatoms. The fourth-order valence-corrected chi connectivity index (χ4v) is 3.46. The number of halogens is 1. The lowest BCUT2D eigenvalue weighted by Gasteiger charge is -2.13. The first-order valence-corrected chi connectivity index (χ1v) is 9.44. The molecular formula is C19H21FN2O2S. The zero-order valence-electron chi connectivity index (χ0n) is 13.9. The summed E-state index contributed by atoms with van der Waals surface area (Å²) in [6, 6.07) is 9.87. The molecule has 0 bridgehead atoms. The molecule has 0 radical (unpaired) electrons. The van der Waals surface area contributed by atoms with E-state index in [4.69, 9.17) is 4.74 Å². The fourth-order valence-electron chi connectivity index (χ4n) is 2.73. The van der Waals surface area contributed by atoms with Crippen molar-refractivity contribution in [3.05, 3.63) is 54.0 Å². The van der Waals surface area contributed by atoms with Crippen LogP contribution < -0.4 is 10.1 Å². The molecule has 1 amide bonds. The summed E-state index contributed by atoms with van der Waals surface area (Å²) in [6.45, 7) is 0.437. The molecule has 4 nitrogen and oxygen atoms in total. The Hall–Kier alpha value is -2.08. The lowest BCUT2D eigenvalue weighted by atomic mass is 10.2. The molecule has 1 aliphatic rings. The molecule has 1 aromatic heterocycles. The highest BCUT2D eigenvalue weighted by molar-refractivity contribution is 8.00. The topological polar surface area (TPSA) is 51.2 Å². The van der Waals surface area contributed by atoms with Crippen LogP contribution in [0.15, 0.2) is 47.5 Å². The normalized spacial score (nSPS) is 14.4. The second kappa shape index (κ2) is 8.85. The average molecular weight is 360 g/mol. The zero-order chi connectivity index (χ0) is 17.5. The van der Waals surface area contributed by atoms with Crippen LogP contribution in [-0.2, 0) is 11.3 Å². The largest absolute Gasteiger partial charge is 0.474 e. The number of benzene rings is 1. The first-order chi connectivity index (χ1) is 12.2. The van der Waals surface area contributed by atoms with Gasteiger partial charge in [0.1, 0.15) is 11.9 Å². The molecule has 0 atom stereocenters. The number of amides is 1. The van der Waals surface area contributed by atoms with Gasteiger partial charge in [0.05, 0.1) is 5.75 Å². The maximum Gasteiger partial charge on any atom is 0.230 e. The summed E-state index contributed by atoms with van der Waals surface area (Å²) in [7, 11) is 0. The lowest BCUT2D eigenvalue weighted by molar-refractivity contribution is -0.118. The van der Waals surface area contributed by atoms with E-state index in [2.05, 4.69) is 10.3 Å². The molecule has 1 saturated carbocycles. The molecule has 0 saturated heterocycles. The van der Waals surface area contributed by atoms with Crippen LogP contribution in [0.25, 0.3) is 0 Å². The molecule has 2 aromatic rings. The van der Waals surface area contributed by atoms with Crippen molar-refractivity contribution in [2.45, 2.75) is 43.2 Å². The minimum Gasteiger partial charge on any atom is -0.474 e. The molecule has 1 heterocycles. The van der Waals surface area contributed by atoms with Crippen molar-refractivity contribution in [1.82, 2.24) is 10.3 Å². The first kappa shape index (κ1) is 17.7. The van der Waals surface area contributed by atoms with E-state index in [-0.39, 0.29) is 17.8 Å². The van der Waals surface area contributed by atoms with E-state index < -0.39 is 0 Å². The summed E-state index contributed by atoms with van der Waals surface area (Å²) in [4.78, 5) is 17.1. The average Bonchev–Trinajstić information content (AvgIpc) is 3.13. The number of pyridine rings is 1. The van der Waals surface area contributed by atoms with Gasteiger partial charge < -0.3 is 10.1 Å². The monoisotopic (exact) mass is 360 g/mol. The Morgan fingerprint density at radius 3 is 2.76 bits per heavy atom. The van der Waals surface area contributed by atoms with Crippen molar-refractivity contribution in [2.75, 3.05) is 5.75 Å². The highest BCUT2D eigenvalue weighted by Gasteiger charge is 2.17.